The highest BCUT2D eigenvalue weighted by Crippen LogP contribution is 2.36. The van der Waals surface area contributed by atoms with Crippen LogP contribution in [0.2, 0.25) is 0 Å². The van der Waals surface area contributed by atoms with Crippen LogP contribution < -0.4 is 10.3 Å². The van der Waals surface area contributed by atoms with E-state index in [9.17, 15) is 22.8 Å². The molecule has 0 aliphatic rings. The maximum absolute atomic E-state index is 13.2. The highest BCUT2D eigenvalue weighted by Gasteiger charge is 2.30. The number of aromatic amines is 1. The van der Waals surface area contributed by atoms with Crippen LogP contribution in [0.4, 0.5) is 13.2 Å². The molecule has 2 aromatic heterocycles. The Morgan fingerprint density at radius 1 is 1.20 bits per heavy atom. The topological polar surface area (TPSA) is 77.0 Å². The Hall–Kier alpha value is -3.62. The number of H-pyrrole nitrogens is 1. The molecule has 9 heteroatoms. The smallest absolute Gasteiger partial charge is 0.406 e. The molecule has 30 heavy (non-hydrogen) atoms. The maximum atomic E-state index is 13.2. The molecule has 154 valence electrons. The van der Waals surface area contributed by atoms with E-state index in [1.165, 1.54) is 19.2 Å². The first-order valence-electron chi connectivity index (χ1n) is 9.00. The Labute approximate surface area is 167 Å². The number of rotatable bonds is 3. The quantitative estimate of drug-likeness (QED) is 0.399. The lowest BCUT2D eigenvalue weighted by Crippen LogP contribution is -2.28. The second kappa shape index (κ2) is 7.01. The van der Waals surface area contributed by atoms with Crippen molar-refractivity contribution in [3.8, 4) is 16.9 Å². The molecule has 0 radical (unpaired) electrons. The number of hydrogen-bond acceptors (Lipinski definition) is 4. The third-order valence-electron chi connectivity index (χ3n) is 4.79. The summed E-state index contributed by atoms with van der Waals surface area (Å²) in [6.45, 7) is 1.63. The second-order valence-corrected chi connectivity index (χ2v) is 6.94. The molecular formula is C21H16F3N3O3. The molecule has 0 fully saturated rings. The summed E-state index contributed by atoms with van der Waals surface area (Å²) in [6, 6.07) is 9.95. The molecule has 0 spiro atoms. The number of esters is 1. The lowest BCUT2D eigenvalue weighted by molar-refractivity contribution is -0.140. The van der Waals surface area contributed by atoms with Crippen molar-refractivity contribution in [3.05, 3.63) is 58.5 Å². The number of carbonyl (C=O) groups is 1. The van der Waals surface area contributed by atoms with Gasteiger partial charge in [-0.25, -0.2) is 0 Å². The number of benzene rings is 2. The number of hydrogen-bond donors (Lipinski definition) is 1. The lowest BCUT2D eigenvalue weighted by Gasteiger charge is -2.16. The number of nitrogens with one attached hydrogen (secondary N) is 1. The van der Waals surface area contributed by atoms with Gasteiger partial charge in [-0.15, -0.1) is 0 Å². The average Bonchev–Trinajstić information content (AvgIpc) is 3.14. The minimum atomic E-state index is -4.59. The Balaban J connectivity index is 2.05. The number of pyridine rings is 1. The van der Waals surface area contributed by atoms with Crippen LogP contribution in [0.1, 0.15) is 12.5 Å². The van der Waals surface area contributed by atoms with E-state index in [2.05, 4.69) is 10.2 Å². The first kappa shape index (κ1) is 19.7. The van der Waals surface area contributed by atoms with Crippen molar-refractivity contribution in [2.24, 2.45) is 0 Å². The first-order valence-corrected chi connectivity index (χ1v) is 9.00. The highest BCUT2D eigenvalue weighted by molar-refractivity contribution is 6.04. The van der Waals surface area contributed by atoms with Crippen LogP contribution in [-0.2, 0) is 11.3 Å². The molecule has 0 saturated carbocycles. The molecule has 6 nitrogen and oxygen atoms in total. The molecule has 2 aromatic carbocycles. The van der Waals surface area contributed by atoms with Gasteiger partial charge in [0.25, 0.3) is 5.56 Å². The Kier molecular flexibility index (Phi) is 4.60. The summed E-state index contributed by atoms with van der Waals surface area (Å²) in [4.78, 5) is 24.2. The SMILES string of the molecule is CC(=O)Oc1cccc(C)c1-c1ccc2c3[nH]ncc3c(=O)n(CC(F)(F)F)c2c1. The number of ether oxygens (including phenoxy) is 1. The Morgan fingerprint density at radius 3 is 2.67 bits per heavy atom. The predicted octanol–water partition coefficient (Wildman–Crippen LogP) is 4.34. The molecular weight excluding hydrogens is 399 g/mol. The van der Waals surface area contributed by atoms with E-state index >= 15 is 0 Å². The van der Waals surface area contributed by atoms with Gasteiger partial charge >= 0.3 is 12.1 Å². The predicted molar refractivity (Wildman–Crippen MR) is 105 cm³/mol. The van der Waals surface area contributed by atoms with Gasteiger partial charge in [0.05, 0.1) is 22.6 Å². The van der Waals surface area contributed by atoms with Crippen LogP contribution in [0.25, 0.3) is 32.9 Å². The van der Waals surface area contributed by atoms with Crippen LogP contribution in [0.15, 0.2) is 47.4 Å². The van der Waals surface area contributed by atoms with Crippen molar-refractivity contribution in [1.29, 1.82) is 0 Å². The standard InChI is InChI=1S/C21H16F3N3O3/c1-11-4-3-5-17(30-12(2)28)18(11)13-6-7-14-16(8-13)27(10-21(22,23)24)20(29)15-9-25-26-19(14)15/h3-9H,10H2,1-2H3,(H,25,26). The van der Waals surface area contributed by atoms with E-state index in [-0.39, 0.29) is 16.7 Å². The van der Waals surface area contributed by atoms with Gasteiger partial charge in [-0.05, 0) is 30.2 Å². The zero-order chi connectivity index (χ0) is 21.6. The second-order valence-electron chi connectivity index (χ2n) is 6.94. The van der Waals surface area contributed by atoms with Gasteiger partial charge in [0.2, 0.25) is 0 Å². The highest BCUT2D eigenvalue weighted by atomic mass is 19.4. The normalized spacial score (nSPS) is 11.9. The minimum absolute atomic E-state index is 0.0796. The molecule has 0 atom stereocenters. The summed E-state index contributed by atoms with van der Waals surface area (Å²) in [5.41, 5.74) is 1.52. The van der Waals surface area contributed by atoms with Gasteiger partial charge < -0.3 is 4.74 Å². The first-order chi connectivity index (χ1) is 14.2. The molecule has 0 saturated heterocycles. The van der Waals surface area contributed by atoms with Crippen molar-refractivity contribution in [2.45, 2.75) is 26.6 Å². The van der Waals surface area contributed by atoms with Crippen LogP contribution >= 0.6 is 0 Å². The van der Waals surface area contributed by atoms with E-state index in [0.717, 1.165) is 5.56 Å². The molecule has 0 aliphatic heterocycles. The molecule has 0 unspecified atom stereocenters. The third-order valence-corrected chi connectivity index (χ3v) is 4.79. The van der Waals surface area contributed by atoms with E-state index in [1.54, 1.807) is 37.3 Å². The number of halogens is 3. The van der Waals surface area contributed by atoms with Crippen LogP contribution in [0.5, 0.6) is 5.75 Å². The van der Waals surface area contributed by atoms with Gasteiger partial charge in [0.1, 0.15) is 12.3 Å². The third kappa shape index (κ3) is 3.42. The molecule has 4 rings (SSSR count). The summed E-state index contributed by atoms with van der Waals surface area (Å²) >= 11 is 0. The van der Waals surface area contributed by atoms with Gasteiger partial charge in [0.15, 0.2) is 0 Å². The van der Waals surface area contributed by atoms with E-state index in [1.807, 2.05) is 0 Å². The average molecular weight is 415 g/mol. The van der Waals surface area contributed by atoms with Crippen molar-refractivity contribution >= 4 is 27.8 Å². The Morgan fingerprint density at radius 2 is 1.97 bits per heavy atom. The summed E-state index contributed by atoms with van der Waals surface area (Å²) in [7, 11) is 0. The maximum Gasteiger partial charge on any atom is 0.406 e. The summed E-state index contributed by atoms with van der Waals surface area (Å²) in [5.74, 6) is -0.232. The molecule has 2 heterocycles. The van der Waals surface area contributed by atoms with Crippen molar-refractivity contribution in [3.63, 3.8) is 0 Å². The van der Waals surface area contributed by atoms with Gasteiger partial charge in [-0.1, -0.05) is 24.3 Å². The fourth-order valence-corrected chi connectivity index (χ4v) is 3.62. The monoisotopic (exact) mass is 415 g/mol. The summed E-state index contributed by atoms with van der Waals surface area (Å²) in [6.07, 6.45) is -3.37. The van der Waals surface area contributed by atoms with Gasteiger partial charge in [0, 0.05) is 17.9 Å². The largest absolute Gasteiger partial charge is 0.426 e. The van der Waals surface area contributed by atoms with Crippen molar-refractivity contribution in [2.75, 3.05) is 0 Å². The molecule has 0 bridgehead atoms. The number of aryl methyl sites for hydroxylation is 1. The Bertz CT molecular complexity index is 1350. The molecule has 0 aliphatic carbocycles. The van der Waals surface area contributed by atoms with Crippen LogP contribution in [-0.4, -0.2) is 26.9 Å². The van der Waals surface area contributed by atoms with Crippen LogP contribution in [0, 0.1) is 6.92 Å². The number of carbonyl (C=O) groups excluding carboxylic acids is 1. The van der Waals surface area contributed by atoms with Crippen molar-refractivity contribution in [1.82, 2.24) is 14.8 Å². The van der Waals surface area contributed by atoms with E-state index in [0.29, 0.717) is 26.6 Å². The van der Waals surface area contributed by atoms with Crippen LogP contribution in [0.3, 0.4) is 0 Å². The summed E-state index contributed by atoms with van der Waals surface area (Å²) < 4.78 is 45.7. The number of nitrogens with zero attached hydrogens (tertiary/aromatic N) is 2. The number of fused-ring (bicyclic) bond motifs is 3. The minimum Gasteiger partial charge on any atom is -0.426 e. The molecule has 0 amide bonds. The number of alkyl halides is 3. The van der Waals surface area contributed by atoms with Gasteiger partial charge in [-0.2, -0.15) is 18.3 Å². The zero-order valence-electron chi connectivity index (χ0n) is 16.0. The van der Waals surface area contributed by atoms with Gasteiger partial charge in [-0.3, -0.25) is 19.3 Å². The van der Waals surface area contributed by atoms with E-state index < -0.39 is 24.2 Å². The zero-order valence-corrected chi connectivity index (χ0v) is 16.0. The summed E-state index contributed by atoms with van der Waals surface area (Å²) in [5, 5.41) is 7.01. The fraction of sp³-hybridized carbons (Fsp3) is 0.190. The lowest BCUT2D eigenvalue weighted by atomic mass is 9.97. The van der Waals surface area contributed by atoms with Crippen molar-refractivity contribution < 1.29 is 22.7 Å². The molecule has 1 N–H and O–H groups in total. The molecule has 4 aromatic rings. The number of aromatic nitrogens is 3. The van der Waals surface area contributed by atoms with E-state index in [4.69, 9.17) is 4.74 Å². The fourth-order valence-electron chi connectivity index (χ4n) is 3.62.